The molecule has 0 fully saturated rings. The summed E-state index contributed by atoms with van der Waals surface area (Å²) in [5, 5.41) is 24.1. The van der Waals surface area contributed by atoms with Crippen molar-refractivity contribution in [3.05, 3.63) is 75.8 Å². The van der Waals surface area contributed by atoms with E-state index in [1.807, 2.05) is 37.3 Å². The molecule has 5 nitrogen and oxygen atoms in total. The van der Waals surface area contributed by atoms with Gasteiger partial charge in [0.05, 0.1) is 11.0 Å². The smallest absolute Gasteiger partial charge is 0.269 e. The van der Waals surface area contributed by atoms with Crippen molar-refractivity contribution in [3.8, 4) is 0 Å². The number of aliphatic hydroxyl groups is 1. The van der Waals surface area contributed by atoms with Crippen LogP contribution in [0.4, 0.5) is 5.69 Å². The number of nitro benzene ring substituents is 1. The Morgan fingerprint density at radius 3 is 2.33 bits per heavy atom. The molecule has 2 aromatic carbocycles. The predicted octanol–water partition coefficient (Wildman–Crippen LogP) is 2.81. The normalized spacial score (nSPS) is 13.6. The summed E-state index contributed by atoms with van der Waals surface area (Å²) in [5.74, 6) is 0. The Labute approximate surface area is 123 Å². The molecule has 0 aliphatic heterocycles. The minimum absolute atomic E-state index is 0.0239. The second-order valence-corrected chi connectivity index (χ2v) is 4.95. The summed E-state index contributed by atoms with van der Waals surface area (Å²) in [6.45, 7) is 2.54. The monoisotopic (exact) mass is 286 g/mol. The fourth-order valence-electron chi connectivity index (χ4n) is 2.07. The summed E-state index contributed by atoms with van der Waals surface area (Å²) in [5.41, 5.74) is 1.82. The van der Waals surface area contributed by atoms with Gasteiger partial charge in [0, 0.05) is 24.7 Å². The average Bonchev–Trinajstić information content (AvgIpc) is 2.53. The summed E-state index contributed by atoms with van der Waals surface area (Å²) < 4.78 is 0. The van der Waals surface area contributed by atoms with E-state index in [0.29, 0.717) is 12.1 Å². The number of aliphatic hydroxyl groups excluding tert-OH is 1. The summed E-state index contributed by atoms with van der Waals surface area (Å²) in [6, 6.07) is 15.7. The predicted molar refractivity (Wildman–Crippen MR) is 80.8 cm³/mol. The highest BCUT2D eigenvalue weighted by Gasteiger charge is 2.17. The third-order valence-corrected chi connectivity index (χ3v) is 3.39. The summed E-state index contributed by atoms with van der Waals surface area (Å²) >= 11 is 0. The molecule has 2 rings (SSSR count). The minimum Gasteiger partial charge on any atom is -0.387 e. The van der Waals surface area contributed by atoms with Crippen molar-refractivity contribution in [2.45, 2.75) is 25.6 Å². The number of rotatable bonds is 6. The molecule has 21 heavy (non-hydrogen) atoms. The van der Waals surface area contributed by atoms with Gasteiger partial charge in [0.1, 0.15) is 0 Å². The Bertz CT molecular complexity index is 584. The van der Waals surface area contributed by atoms with Gasteiger partial charge in [0.15, 0.2) is 0 Å². The van der Waals surface area contributed by atoms with Crippen molar-refractivity contribution in [3.63, 3.8) is 0 Å². The first-order valence-corrected chi connectivity index (χ1v) is 6.77. The van der Waals surface area contributed by atoms with Crippen molar-refractivity contribution in [2.75, 3.05) is 0 Å². The van der Waals surface area contributed by atoms with E-state index in [9.17, 15) is 15.2 Å². The van der Waals surface area contributed by atoms with Crippen molar-refractivity contribution >= 4 is 5.69 Å². The third-order valence-electron chi connectivity index (χ3n) is 3.39. The van der Waals surface area contributed by atoms with Gasteiger partial charge in [-0.25, -0.2) is 0 Å². The summed E-state index contributed by atoms with van der Waals surface area (Å²) in [4.78, 5) is 10.2. The molecule has 0 heterocycles. The number of hydrogen-bond acceptors (Lipinski definition) is 4. The second-order valence-electron chi connectivity index (χ2n) is 4.95. The lowest BCUT2D eigenvalue weighted by atomic mass is 10.0. The molecule has 0 aromatic heterocycles. The quantitative estimate of drug-likeness (QED) is 0.632. The number of nitrogens with one attached hydrogen (secondary N) is 1. The maximum Gasteiger partial charge on any atom is 0.269 e. The molecule has 110 valence electrons. The van der Waals surface area contributed by atoms with Crippen LogP contribution in [0.25, 0.3) is 0 Å². The molecule has 2 N–H and O–H groups in total. The van der Waals surface area contributed by atoms with Gasteiger partial charge in [-0.3, -0.25) is 10.1 Å². The van der Waals surface area contributed by atoms with Gasteiger partial charge in [-0.05, 0) is 30.2 Å². The molecule has 0 spiro atoms. The largest absolute Gasteiger partial charge is 0.387 e. The van der Waals surface area contributed by atoms with Crippen LogP contribution in [0, 0.1) is 10.1 Å². The first-order valence-electron chi connectivity index (χ1n) is 6.77. The second kappa shape index (κ2) is 6.97. The van der Waals surface area contributed by atoms with E-state index in [4.69, 9.17) is 0 Å². The van der Waals surface area contributed by atoms with Crippen LogP contribution >= 0.6 is 0 Å². The molecular weight excluding hydrogens is 268 g/mol. The van der Waals surface area contributed by atoms with E-state index >= 15 is 0 Å². The fraction of sp³-hybridized carbons (Fsp3) is 0.250. The van der Waals surface area contributed by atoms with E-state index in [0.717, 1.165) is 5.56 Å². The summed E-state index contributed by atoms with van der Waals surface area (Å²) in [6.07, 6.45) is -0.713. The van der Waals surface area contributed by atoms with Crippen molar-refractivity contribution < 1.29 is 10.0 Å². The Morgan fingerprint density at radius 1 is 1.14 bits per heavy atom. The molecule has 2 aromatic rings. The van der Waals surface area contributed by atoms with Gasteiger partial charge in [0.2, 0.25) is 0 Å². The lowest BCUT2D eigenvalue weighted by molar-refractivity contribution is -0.384. The Kier molecular flexibility index (Phi) is 5.03. The van der Waals surface area contributed by atoms with Crippen LogP contribution in [-0.4, -0.2) is 16.1 Å². The van der Waals surface area contributed by atoms with Crippen LogP contribution in [0.3, 0.4) is 0 Å². The number of non-ortho nitro benzene ring substituents is 1. The van der Waals surface area contributed by atoms with Crippen LogP contribution < -0.4 is 5.32 Å². The molecule has 0 saturated heterocycles. The van der Waals surface area contributed by atoms with Crippen LogP contribution in [0.5, 0.6) is 0 Å². The fourth-order valence-corrected chi connectivity index (χ4v) is 2.07. The van der Waals surface area contributed by atoms with Gasteiger partial charge >= 0.3 is 0 Å². The molecule has 0 aliphatic rings. The topological polar surface area (TPSA) is 75.4 Å². The molecule has 0 aliphatic carbocycles. The maximum absolute atomic E-state index is 10.6. The number of benzene rings is 2. The number of hydrogen-bond donors (Lipinski definition) is 2. The Morgan fingerprint density at radius 2 is 1.76 bits per heavy atom. The van der Waals surface area contributed by atoms with E-state index in [1.165, 1.54) is 12.1 Å². The van der Waals surface area contributed by atoms with Gasteiger partial charge in [-0.15, -0.1) is 0 Å². The molecule has 0 amide bonds. The van der Waals surface area contributed by atoms with E-state index < -0.39 is 11.0 Å². The zero-order valence-electron chi connectivity index (χ0n) is 11.8. The van der Waals surface area contributed by atoms with Crippen LogP contribution in [0.2, 0.25) is 0 Å². The average molecular weight is 286 g/mol. The third kappa shape index (κ3) is 4.11. The molecule has 2 atom stereocenters. The lowest BCUT2D eigenvalue weighted by Gasteiger charge is -2.20. The zero-order chi connectivity index (χ0) is 15.2. The molecule has 0 bridgehead atoms. The van der Waals surface area contributed by atoms with Gasteiger partial charge in [-0.2, -0.15) is 0 Å². The van der Waals surface area contributed by atoms with Crippen molar-refractivity contribution in [1.29, 1.82) is 0 Å². The highest BCUT2D eigenvalue weighted by Crippen LogP contribution is 2.20. The van der Waals surface area contributed by atoms with Crippen molar-refractivity contribution in [1.82, 2.24) is 5.32 Å². The SMILES string of the molecule is CC(NCc1ccccc1)C(O)c1ccc([N+](=O)[O-])cc1. The molecule has 5 heteroatoms. The molecule has 0 saturated carbocycles. The lowest BCUT2D eigenvalue weighted by Crippen LogP contribution is -2.31. The Hall–Kier alpha value is -2.24. The number of nitro groups is 1. The highest BCUT2D eigenvalue weighted by atomic mass is 16.6. The first-order chi connectivity index (χ1) is 10.1. The minimum atomic E-state index is -0.713. The van der Waals surface area contributed by atoms with E-state index in [2.05, 4.69) is 5.32 Å². The van der Waals surface area contributed by atoms with E-state index in [1.54, 1.807) is 12.1 Å². The maximum atomic E-state index is 10.6. The van der Waals surface area contributed by atoms with Crippen LogP contribution in [-0.2, 0) is 6.54 Å². The Balaban J connectivity index is 1.95. The van der Waals surface area contributed by atoms with Crippen molar-refractivity contribution in [2.24, 2.45) is 0 Å². The van der Waals surface area contributed by atoms with Gasteiger partial charge < -0.3 is 10.4 Å². The molecular formula is C16H18N2O3. The van der Waals surface area contributed by atoms with Crippen LogP contribution in [0.15, 0.2) is 54.6 Å². The van der Waals surface area contributed by atoms with Gasteiger partial charge in [0.25, 0.3) is 5.69 Å². The first kappa shape index (κ1) is 15.2. The van der Waals surface area contributed by atoms with Crippen LogP contribution in [0.1, 0.15) is 24.2 Å². The highest BCUT2D eigenvalue weighted by molar-refractivity contribution is 5.34. The van der Waals surface area contributed by atoms with E-state index in [-0.39, 0.29) is 11.7 Å². The van der Waals surface area contributed by atoms with Gasteiger partial charge in [-0.1, -0.05) is 30.3 Å². The molecule has 2 unspecified atom stereocenters. The standard InChI is InChI=1S/C16H18N2O3/c1-12(17-11-13-5-3-2-4-6-13)16(19)14-7-9-15(10-8-14)18(20)21/h2-10,12,16-17,19H,11H2,1H3. The zero-order valence-corrected chi connectivity index (χ0v) is 11.8. The summed E-state index contributed by atoms with van der Waals surface area (Å²) in [7, 11) is 0. The number of nitrogens with zero attached hydrogens (tertiary/aromatic N) is 1. The molecule has 0 radical (unpaired) electrons.